The molecule has 9 heteroatoms. The third kappa shape index (κ3) is 4.63. The summed E-state index contributed by atoms with van der Waals surface area (Å²) in [5.41, 5.74) is 1.65. The molecule has 0 radical (unpaired) electrons. The molecule has 1 saturated heterocycles. The van der Waals surface area contributed by atoms with Crippen LogP contribution in [0.25, 0.3) is 11.4 Å². The number of fused-ring (bicyclic) bond motifs is 1. The molecule has 1 N–H and O–H groups in total. The number of benzene rings is 2. The van der Waals surface area contributed by atoms with Crippen molar-refractivity contribution in [1.82, 2.24) is 19.1 Å². The summed E-state index contributed by atoms with van der Waals surface area (Å²) < 4.78 is 29.3. The number of sulfonamides is 1. The number of carbonyl (C=O) groups excluding carboxylic acids is 1. The fraction of sp³-hybridized carbons (Fsp3) is 0.400. The van der Waals surface area contributed by atoms with Crippen LogP contribution < -0.4 is 5.32 Å². The van der Waals surface area contributed by atoms with E-state index in [0.717, 1.165) is 43.0 Å². The first kappa shape index (κ1) is 22.7. The van der Waals surface area contributed by atoms with Crippen molar-refractivity contribution in [2.24, 2.45) is 5.92 Å². The first-order chi connectivity index (χ1) is 16.5. The molecular weight excluding hydrogens is 450 g/mol. The maximum absolute atomic E-state index is 13.0. The van der Waals surface area contributed by atoms with Crippen molar-refractivity contribution in [3.63, 3.8) is 0 Å². The van der Waals surface area contributed by atoms with Crippen LogP contribution in [0, 0.1) is 5.92 Å². The third-order valence-electron chi connectivity index (χ3n) is 6.70. The molecule has 2 aromatic carbocycles. The van der Waals surface area contributed by atoms with Crippen LogP contribution in [0.5, 0.6) is 0 Å². The zero-order valence-corrected chi connectivity index (χ0v) is 19.9. The molecule has 1 amide bonds. The standard InChI is InChI=1S/C25H29N5O3S/c31-25(19-13-16-29(17-14-19)34(32,33)22-10-3-1-4-11-22)26-21-9-7-8-20(18-21)24-28-27-23-12-5-2-6-15-30(23)24/h1,3-4,7-11,18-19H,2,5-6,12-17H2,(H,26,31). The largest absolute Gasteiger partial charge is 0.326 e. The van der Waals surface area contributed by atoms with Crippen molar-refractivity contribution in [2.75, 3.05) is 18.4 Å². The van der Waals surface area contributed by atoms with E-state index in [1.165, 1.54) is 10.7 Å². The van der Waals surface area contributed by atoms with Crippen molar-refractivity contribution < 1.29 is 13.2 Å². The molecule has 0 atom stereocenters. The highest BCUT2D eigenvalue weighted by Gasteiger charge is 2.32. The van der Waals surface area contributed by atoms with E-state index in [1.54, 1.807) is 30.3 Å². The highest BCUT2D eigenvalue weighted by molar-refractivity contribution is 7.89. The van der Waals surface area contributed by atoms with Gasteiger partial charge in [0.2, 0.25) is 15.9 Å². The summed E-state index contributed by atoms with van der Waals surface area (Å²) in [4.78, 5) is 13.3. The SMILES string of the molecule is O=C(Nc1cccc(-c2nnc3n2CCCCC3)c1)C1CCN(S(=O)(=O)c2ccccc2)CC1. The van der Waals surface area contributed by atoms with E-state index in [-0.39, 0.29) is 11.8 Å². The van der Waals surface area contributed by atoms with E-state index in [0.29, 0.717) is 36.5 Å². The van der Waals surface area contributed by atoms with Crippen molar-refractivity contribution in [2.45, 2.75) is 50.0 Å². The molecule has 0 saturated carbocycles. The summed E-state index contributed by atoms with van der Waals surface area (Å²) in [6.07, 6.45) is 5.39. The van der Waals surface area contributed by atoms with Crippen molar-refractivity contribution in [3.8, 4) is 11.4 Å². The second-order valence-corrected chi connectivity index (χ2v) is 10.9. The van der Waals surface area contributed by atoms with E-state index >= 15 is 0 Å². The lowest BCUT2D eigenvalue weighted by Gasteiger charge is -2.30. The van der Waals surface area contributed by atoms with Crippen molar-refractivity contribution >= 4 is 21.6 Å². The normalized spacial score (nSPS) is 17.6. The second-order valence-electron chi connectivity index (χ2n) is 8.96. The Morgan fingerprint density at radius 2 is 1.71 bits per heavy atom. The molecule has 0 bridgehead atoms. The van der Waals surface area contributed by atoms with Crippen LogP contribution in [-0.4, -0.2) is 46.5 Å². The van der Waals surface area contributed by atoms with Gasteiger partial charge in [0.15, 0.2) is 5.82 Å². The van der Waals surface area contributed by atoms with Gasteiger partial charge in [0.05, 0.1) is 4.90 Å². The van der Waals surface area contributed by atoms with E-state index in [1.807, 2.05) is 24.3 Å². The van der Waals surface area contributed by atoms with Gasteiger partial charge >= 0.3 is 0 Å². The number of anilines is 1. The van der Waals surface area contributed by atoms with Gasteiger partial charge < -0.3 is 9.88 Å². The average molecular weight is 480 g/mol. The Balaban J connectivity index is 1.24. The first-order valence-corrected chi connectivity index (χ1v) is 13.3. The van der Waals surface area contributed by atoms with E-state index in [9.17, 15) is 13.2 Å². The quantitative estimate of drug-likeness (QED) is 0.602. The van der Waals surface area contributed by atoms with Gasteiger partial charge in [-0.25, -0.2) is 8.42 Å². The highest BCUT2D eigenvalue weighted by atomic mass is 32.2. The highest BCUT2D eigenvalue weighted by Crippen LogP contribution is 2.27. The molecule has 1 aromatic heterocycles. The summed E-state index contributed by atoms with van der Waals surface area (Å²) >= 11 is 0. The molecule has 0 spiro atoms. The fourth-order valence-electron chi connectivity index (χ4n) is 4.78. The average Bonchev–Trinajstić information content (AvgIpc) is 3.13. The van der Waals surface area contributed by atoms with Gasteiger partial charge in [0.1, 0.15) is 5.82 Å². The number of nitrogens with zero attached hydrogens (tertiary/aromatic N) is 4. The predicted octanol–water partition coefficient (Wildman–Crippen LogP) is 3.71. The van der Waals surface area contributed by atoms with Crippen molar-refractivity contribution in [1.29, 1.82) is 0 Å². The molecule has 2 aliphatic rings. The number of carbonyl (C=O) groups is 1. The lowest BCUT2D eigenvalue weighted by atomic mass is 9.97. The lowest BCUT2D eigenvalue weighted by Crippen LogP contribution is -2.41. The molecule has 2 aliphatic heterocycles. The molecule has 5 rings (SSSR count). The Bertz CT molecular complexity index is 1260. The van der Waals surface area contributed by atoms with Crippen LogP contribution in [0.1, 0.15) is 37.9 Å². The number of nitrogens with one attached hydrogen (secondary N) is 1. The minimum absolute atomic E-state index is 0.0750. The Hall–Kier alpha value is -3.04. The smallest absolute Gasteiger partial charge is 0.243 e. The maximum atomic E-state index is 13.0. The van der Waals surface area contributed by atoms with Gasteiger partial charge in [-0.15, -0.1) is 10.2 Å². The topological polar surface area (TPSA) is 97.2 Å². The van der Waals surface area contributed by atoms with Crippen LogP contribution in [0.3, 0.4) is 0 Å². The molecule has 8 nitrogen and oxygen atoms in total. The molecule has 1 fully saturated rings. The van der Waals surface area contributed by atoms with Crippen LogP contribution in [-0.2, 0) is 27.8 Å². The minimum atomic E-state index is -3.52. The molecule has 0 unspecified atom stereocenters. The van der Waals surface area contributed by atoms with Gasteiger partial charge in [-0.1, -0.05) is 36.8 Å². The zero-order valence-electron chi connectivity index (χ0n) is 19.1. The lowest BCUT2D eigenvalue weighted by molar-refractivity contribution is -0.120. The summed E-state index contributed by atoms with van der Waals surface area (Å²) in [6.45, 7) is 1.58. The van der Waals surface area contributed by atoms with E-state index < -0.39 is 10.0 Å². The monoisotopic (exact) mass is 479 g/mol. The van der Waals surface area contributed by atoms with Crippen LogP contribution in [0.4, 0.5) is 5.69 Å². The Morgan fingerprint density at radius 1 is 0.912 bits per heavy atom. The molecule has 178 valence electrons. The van der Waals surface area contributed by atoms with Crippen LogP contribution >= 0.6 is 0 Å². The van der Waals surface area contributed by atoms with Gasteiger partial charge in [-0.2, -0.15) is 4.31 Å². The number of aryl methyl sites for hydroxylation is 1. The van der Waals surface area contributed by atoms with Gasteiger partial charge in [-0.05, 0) is 49.9 Å². The van der Waals surface area contributed by atoms with Crippen molar-refractivity contribution in [3.05, 3.63) is 60.4 Å². The Morgan fingerprint density at radius 3 is 2.50 bits per heavy atom. The number of hydrogen-bond donors (Lipinski definition) is 1. The van der Waals surface area contributed by atoms with Gasteiger partial charge in [-0.3, -0.25) is 4.79 Å². The Labute approximate surface area is 200 Å². The second kappa shape index (κ2) is 9.68. The third-order valence-corrected chi connectivity index (χ3v) is 8.62. The molecule has 34 heavy (non-hydrogen) atoms. The fourth-order valence-corrected chi connectivity index (χ4v) is 6.27. The number of rotatable bonds is 5. The summed E-state index contributed by atoms with van der Waals surface area (Å²) in [7, 11) is -3.52. The van der Waals surface area contributed by atoms with Gasteiger partial charge in [0, 0.05) is 43.2 Å². The van der Waals surface area contributed by atoms with Crippen LogP contribution in [0.15, 0.2) is 59.5 Å². The van der Waals surface area contributed by atoms with Gasteiger partial charge in [0.25, 0.3) is 0 Å². The maximum Gasteiger partial charge on any atom is 0.243 e. The molecule has 0 aliphatic carbocycles. The summed E-state index contributed by atoms with van der Waals surface area (Å²) in [6, 6.07) is 16.2. The predicted molar refractivity (Wildman–Crippen MR) is 130 cm³/mol. The number of amides is 1. The van der Waals surface area contributed by atoms with E-state index in [2.05, 4.69) is 20.1 Å². The first-order valence-electron chi connectivity index (χ1n) is 11.9. The van der Waals surface area contributed by atoms with E-state index in [4.69, 9.17) is 0 Å². The Kier molecular flexibility index (Phi) is 6.47. The zero-order chi connectivity index (χ0) is 23.5. The number of aromatic nitrogens is 3. The minimum Gasteiger partial charge on any atom is -0.326 e. The molecule has 3 aromatic rings. The number of hydrogen-bond acceptors (Lipinski definition) is 5. The summed E-state index contributed by atoms with van der Waals surface area (Å²) in [5, 5.41) is 11.8. The molecular formula is C25H29N5O3S. The van der Waals surface area contributed by atoms with Crippen LogP contribution in [0.2, 0.25) is 0 Å². The molecule has 3 heterocycles. The number of piperidine rings is 1. The summed E-state index contributed by atoms with van der Waals surface area (Å²) in [5.74, 6) is 1.57.